The minimum atomic E-state index is 0.191. The van der Waals surface area contributed by atoms with Crippen molar-refractivity contribution in [2.24, 2.45) is 0 Å². The number of hydrogen-bond donors (Lipinski definition) is 1. The van der Waals surface area contributed by atoms with Crippen molar-refractivity contribution in [3.05, 3.63) is 0 Å². The van der Waals surface area contributed by atoms with Crippen molar-refractivity contribution in [1.29, 1.82) is 0 Å². The van der Waals surface area contributed by atoms with Crippen LogP contribution in [0.5, 0.6) is 0 Å². The normalized spacial score (nSPS) is 10.7. The molecule has 90 valence electrons. The molecule has 0 saturated carbocycles. The molecule has 4 nitrogen and oxygen atoms in total. The van der Waals surface area contributed by atoms with Gasteiger partial charge in [-0.05, 0) is 40.0 Å². The van der Waals surface area contributed by atoms with Gasteiger partial charge in [-0.25, -0.2) is 0 Å². The lowest BCUT2D eigenvalue weighted by molar-refractivity contribution is -0.128. The lowest BCUT2D eigenvalue weighted by Gasteiger charge is -2.11. The number of carbonyl (C=O) groups is 1. The first kappa shape index (κ1) is 14.4. The first-order valence-electron chi connectivity index (χ1n) is 5.59. The van der Waals surface area contributed by atoms with Gasteiger partial charge in [0.25, 0.3) is 0 Å². The molecule has 1 N–H and O–H groups in total. The molecule has 15 heavy (non-hydrogen) atoms. The third-order valence-corrected chi connectivity index (χ3v) is 2.22. The number of carbonyl (C=O) groups excluding carboxylic acids is 1. The molecule has 0 spiro atoms. The summed E-state index contributed by atoms with van der Waals surface area (Å²) < 4.78 is 0. The zero-order valence-corrected chi connectivity index (χ0v) is 10.5. The molecule has 0 radical (unpaired) electrons. The average molecular weight is 215 g/mol. The van der Waals surface area contributed by atoms with E-state index in [-0.39, 0.29) is 5.91 Å². The van der Waals surface area contributed by atoms with Gasteiger partial charge in [0.15, 0.2) is 0 Å². The van der Waals surface area contributed by atoms with Crippen LogP contribution in [0.2, 0.25) is 0 Å². The second-order valence-corrected chi connectivity index (χ2v) is 4.30. The first-order valence-corrected chi connectivity index (χ1v) is 5.59. The van der Waals surface area contributed by atoms with Crippen LogP contribution in [0.15, 0.2) is 0 Å². The zero-order valence-electron chi connectivity index (χ0n) is 10.5. The fraction of sp³-hybridized carbons (Fsp3) is 0.909. The van der Waals surface area contributed by atoms with E-state index >= 15 is 0 Å². The highest BCUT2D eigenvalue weighted by Gasteiger charge is 2.01. The Morgan fingerprint density at radius 1 is 1.07 bits per heavy atom. The second-order valence-electron chi connectivity index (χ2n) is 4.30. The van der Waals surface area contributed by atoms with Gasteiger partial charge in [-0.15, -0.1) is 0 Å². The van der Waals surface area contributed by atoms with Crippen LogP contribution in [-0.2, 0) is 4.79 Å². The van der Waals surface area contributed by atoms with Gasteiger partial charge in [-0.2, -0.15) is 0 Å². The molecular weight excluding hydrogens is 190 g/mol. The minimum Gasteiger partial charge on any atom is -0.349 e. The number of nitrogens with zero attached hydrogens (tertiary/aromatic N) is 2. The molecule has 0 atom stereocenters. The lowest BCUT2D eigenvalue weighted by Crippen LogP contribution is -2.27. The average Bonchev–Trinajstić information content (AvgIpc) is 2.15. The summed E-state index contributed by atoms with van der Waals surface area (Å²) in [5.74, 6) is 0.191. The molecule has 0 rings (SSSR count). The zero-order chi connectivity index (χ0) is 11.7. The van der Waals surface area contributed by atoms with Gasteiger partial charge in [0.05, 0.1) is 0 Å². The molecule has 4 heteroatoms. The van der Waals surface area contributed by atoms with E-state index in [0.717, 1.165) is 19.6 Å². The Kier molecular flexibility index (Phi) is 8.33. The predicted octanol–water partition coefficient (Wildman–Crippen LogP) is 0.396. The number of unbranched alkanes of at least 4 members (excludes halogenated alkanes) is 1. The minimum absolute atomic E-state index is 0.191. The van der Waals surface area contributed by atoms with Crippen molar-refractivity contribution in [2.45, 2.75) is 19.3 Å². The van der Waals surface area contributed by atoms with Crippen molar-refractivity contribution < 1.29 is 4.79 Å². The molecule has 0 unspecified atom stereocenters. The van der Waals surface area contributed by atoms with E-state index in [0.29, 0.717) is 6.42 Å². The fourth-order valence-electron chi connectivity index (χ4n) is 1.22. The summed E-state index contributed by atoms with van der Waals surface area (Å²) in [7, 11) is 7.76. The van der Waals surface area contributed by atoms with Crippen LogP contribution in [0.3, 0.4) is 0 Å². The third-order valence-electron chi connectivity index (χ3n) is 2.22. The predicted molar refractivity (Wildman–Crippen MR) is 64.0 cm³/mol. The van der Waals surface area contributed by atoms with Crippen LogP contribution in [0.25, 0.3) is 0 Å². The summed E-state index contributed by atoms with van der Waals surface area (Å²) in [5, 5.41) is 3.28. The van der Waals surface area contributed by atoms with Crippen molar-refractivity contribution in [3.63, 3.8) is 0 Å². The second kappa shape index (κ2) is 8.68. The van der Waals surface area contributed by atoms with Gasteiger partial charge < -0.3 is 15.1 Å². The number of nitrogens with one attached hydrogen (secondary N) is 1. The molecule has 0 aromatic heterocycles. The van der Waals surface area contributed by atoms with Crippen LogP contribution < -0.4 is 5.32 Å². The Bertz CT molecular complexity index is 169. The lowest BCUT2D eigenvalue weighted by atomic mass is 10.3. The van der Waals surface area contributed by atoms with Gasteiger partial charge >= 0.3 is 0 Å². The van der Waals surface area contributed by atoms with Gasteiger partial charge in [0.1, 0.15) is 0 Å². The molecule has 1 amide bonds. The fourth-order valence-corrected chi connectivity index (χ4v) is 1.22. The van der Waals surface area contributed by atoms with Crippen LogP contribution in [0, 0.1) is 0 Å². The Morgan fingerprint density at radius 2 is 1.73 bits per heavy atom. The highest BCUT2D eigenvalue weighted by molar-refractivity contribution is 5.75. The van der Waals surface area contributed by atoms with Crippen molar-refractivity contribution >= 4 is 5.91 Å². The quantitative estimate of drug-likeness (QED) is 0.595. The number of hydrogen-bond acceptors (Lipinski definition) is 3. The van der Waals surface area contributed by atoms with Crippen molar-refractivity contribution in [1.82, 2.24) is 15.1 Å². The van der Waals surface area contributed by atoms with Crippen LogP contribution >= 0.6 is 0 Å². The molecule has 0 fully saturated rings. The summed E-state index contributed by atoms with van der Waals surface area (Å²) in [6.45, 7) is 2.94. The summed E-state index contributed by atoms with van der Waals surface area (Å²) in [6.07, 6.45) is 2.98. The van der Waals surface area contributed by atoms with E-state index in [1.54, 1.807) is 19.0 Å². The maximum absolute atomic E-state index is 11.2. The Morgan fingerprint density at radius 3 is 2.27 bits per heavy atom. The van der Waals surface area contributed by atoms with Gasteiger partial charge in [-0.1, -0.05) is 0 Å². The molecule has 0 aliphatic carbocycles. The van der Waals surface area contributed by atoms with Crippen LogP contribution in [0.1, 0.15) is 19.3 Å². The van der Waals surface area contributed by atoms with E-state index in [4.69, 9.17) is 0 Å². The molecule has 0 bridgehead atoms. The maximum Gasteiger partial charge on any atom is 0.223 e. The molecule has 0 heterocycles. The molecule has 0 aromatic rings. The van der Waals surface area contributed by atoms with Gasteiger partial charge in [-0.3, -0.25) is 4.79 Å². The van der Waals surface area contributed by atoms with Gasteiger partial charge in [0, 0.05) is 27.1 Å². The Balaban J connectivity index is 3.15. The standard InChI is InChI=1S/C11H25N3O/c1-13(2)10-6-5-8-12-9-7-11(15)14(3)4/h12H,5-10H2,1-4H3. The number of rotatable bonds is 8. The molecule has 0 saturated heterocycles. The van der Waals surface area contributed by atoms with Crippen LogP contribution in [-0.4, -0.2) is 63.5 Å². The highest BCUT2D eigenvalue weighted by Crippen LogP contribution is 1.89. The monoisotopic (exact) mass is 215 g/mol. The summed E-state index contributed by atoms with van der Waals surface area (Å²) >= 11 is 0. The first-order chi connectivity index (χ1) is 7.04. The van der Waals surface area contributed by atoms with E-state index in [1.807, 2.05) is 0 Å². The molecule has 0 aromatic carbocycles. The van der Waals surface area contributed by atoms with Crippen molar-refractivity contribution in [2.75, 3.05) is 47.8 Å². The van der Waals surface area contributed by atoms with Crippen LogP contribution in [0.4, 0.5) is 0 Å². The number of amides is 1. The summed E-state index contributed by atoms with van der Waals surface area (Å²) in [5.41, 5.74) is 0. The van der Waals surface area contributed by atoms with E-state index in [1.165, 1.54) is 12.8 Å². The molecular formula is C11H25N3O. The Labute approximate surface area is 93.6 Å². The third kappa shape index (κ3) is 9.69. The smallest absolute Gasteiger partial charge is 0.223 e. The SMILES string of the molecule is CN(C)CCCCNCCC(=O)N(C)C. The highest BCUT2D eigenvalue weighted by atomic mass is 16.2. The summed E-state index contributed by atoms with van der Waals surface area (Å²) in [4.78, 5) is 15.0. The summed E-state index contributed by atoms with van der Waals surface area (Å²) in [6, 6.07) is 0. The maximum atomic E-state index is 11.2. The van der Waals surface area contributed by atoms with E-state index < -0.39 is 0 Å². The molecule has 0 aliphatic heterocycles. The topological polar surface area (TPSA) is 35.6 Å². The largest absolute Gasteiger partial charge is 0.349 e. The van der Waals surface area contributed by atoms with Crippen molar-refractivity contribution in [3.8, 4) is 0 Å². The van der Waals surface area contributed by atoms with E-state index in [2.05, 4.69) is 24.3 Å². The van der Waals surface area contributed by atoms with Gasteiger partial charge in [0.2, 0.25) is 5.91 Å². The molecule has 0 aliphatic rings. The Hall–Kier alpha value is -0.610. The van der Waals surface area contributed by atoms with E-state index in [9.17, 15) is 4.79 Å².